The van der Waals surface area contributed by atoms with Gasteiger partial charge in [-0.15, -0.1) is 0 Å². The molecule has 0 bridgehead atoms. The number of hydrogen-bond donors (Lipinski definition) is 1. The van der Waals surface area contributed by atoms with Gasteiger partial charge in [-0.25, -0.2) is 0 Å². The van der Waals surface area contributed by atoms with Gasteiger partial charge in [0.15, 0.2) is 0 Å². The minimum atomic E-state index is 0.241. The minimum absolute atomic E-state index is 0.241. The number of amides is 1. The van der Waals surface area contributed by atoms with Crippen molar-refractivity contribution >= 4 is 5.91 Å². The van der Waals surface area contributed by atoms with Crippen LogP contribution >= 0.6 is 0 Å². The van der Waals surface area contributed by atoms with Gasteiger partial charge in [0.25, 0.3) is 0 Å². The van der Waals surface area contributed by atoms with Crippen LogP contribution in [-0.4, -0.2) is 11.9 Å². The Hall–Kier alpha value is -0.530. The van der Waals surface area contributed by atoms with E-state index in [-0.39, 0.29) is 5.92 Å². The quantitative estimate of drug-likeness (QED) is 0.571. The van der Waals surface area contributed by atoms with E-state index in [1.165, 1.54) is 25.7 Å². The zero-order valence-corrected chi connectivity index (χ0v) is 12.9. The lowest BCUT2D eigenvalue weighted by Crippen LogP contribution is -2.38. The van der Waals surface area contributed by atoms with Gasteiger partial charge in [0.05, 0.1) is 0 Å². The van der Waals surface area contributed by atoms with E-state index < -0.39 is 0 Å². The van der Waals surface area contributed by atoms with Gasteiger partial charge in [-0.3, -0.25) is 4.79 Å². The van der Waals surface area contributed by atoms with Crippen molar-refractivity contribution in [1.82, 2.24) is 5.32 Å². The van der Waals surface area contributed by atoms with Crippen LogP contribution in [0.2, 0.25) is 0 Å². The molecule has 0 fully saturated rings. The molecule has 0 aromatic carbocycles. The largest absolute Gasteiger partial charge is 0.353 e. The van der Waals surface area contributed by atoms with Crippen LogP contribution in [0.25, 0.3) is 0 Å². The fourth-order valence-corrected chi connectivity index (χ4v) is 2.35. The fraction of sp³-hybridized carbons (Fsp3) is 0.938. The molecule has 0 aliphatic rings. The van der Waals surface area contributed by atoms with Crippen molar-refractivity contribution in [2.24, 2.45) is 5.92 Å². The molecule has 2 nitrogen and oxygen atoms in total. The highest BCUT2D eigenvalue weighted by molar-refractivity contribution is 5.78. The first-order chi connectivity index (χ1) is 8.69. The van der Waals surface area contributed by atoms with Crippen molar-refractivity contribution < 1.29 is 4.79 Å². The maximum atomic E-state index is 12.3. The average Bonchev–Trinajstić information content (AvgIpc) is 2.39. The normalized spacial score (nSPS) is 14.2. The highest BCUT2D eigenvalue weighted by Crippen LogP contribution is 2.16. The third-order valence-electron chi connectivity index (χ3n) is 3.66. The van der Waals surface area contributed by atoms with Crippen LogP contribution in [0.3, 0.4) is 0 Å². The van der Waals surface area contributed by atoms with Gasteiger partial charge < -0.3 is 5.32 Å². The molecule has 0 aromatic rings. The van der Waals surface area contributed by atoms with E-state index in [1.54, 1.807) is 0 Å². The maximum Gasteiger partial charge on any atom is 0.223 e. The Morgan fingerprint density at radius 1 is 0.889 bits per heavy atom. The van der Waals surface area contributed by atoms with E-state index >= 15 is 0 Å². The van der Waals surface area contributed by atoms with Gasteiger partial charge in [-0.05, 0) is 25.7 Å². The smallest absolute Gasteiger partial charge is 0.223 e. The van der Waals surface area contributed by atoms with E-state index in [0.29, 0.717) is 11.9 Å². The standard InChI is InChI=1S/C16H33NO/c1-5-9-12-14(11-7-3)16(18)17-15(8-4)13-10-6-2/h14-15H,5-13H2,1-4H3,(H,17,18)/t14?,15-/m0/s1. The molecule has 0 aromatic heterocycles. The van der Waals surface area contributed by atoms with E-state index in [9.17, 15) is 4.79 Å². The second-order valence-electron chi connectivity index (χ2n) is 5.38. The molecular formula is C16H33NO. The highest BCUT2D eigenvalue weighted by Gasteiger charge is 2.19. The third kappa shape index (κ3) is 7.73. The number of nitrogens with one attached hydrogen (secondary N) is 1. The molecule has 0 spiro atoms. The van der Waals surface area contributed by atoms with Gasteiger partial charge in [0.2, 0.25) is 5.91 Å². The summed E-state index contributed by atoms with van der Waals surface area (Å²) in [5.41, 5.74) is 0. The molecule has 0 saturated carbocycles. The first kappa shape index (κ1) is 17.5. The zero-order valence-electron chi connectivity index (χ0n) is 12.9. The van der Waals surface area contributed by atoms with Crippen LogP contribution in [0.5, 0.6) is 0 Å². The van der Waals surface area contributed by atoms with E-state index in [0.717, 1.165) is 32.1 Å². The van der Waals surface area contributed by atoms with Crippen molar-refractivity contribution in [1.29, 1.82) is 0 Å². The Kier molecular flexibility index (Phi) is 11.2. The molecule has 2 atom stereocenters. The molecule has 1 unspecified atom stereocenters. The number of rotatable bonds is 11. The summed E-state index contributed by atoms with van der Waals surface area (Å²) in [6.07, 6.45) is 10.2. The van der Waals surface area contributed by atoms with Crippen LogP contribution in [0.15, 0.2) is 0 Å². The summed E-state index contributed by atoms with van der Waals surface area (Å²) in [5, 5.41) is 3.26. The van der Waals surface area contributed by atoms with Gasteiger partial charge in [0.1, 0.15) is 0 Å². The fourth-order valence-electron chi connectivity index (χ4n) is 2.35. The highest BCUT2D eigenvalue weighted by atomic mass is 16.1. The summed E-state index contributed by atoms with van der Waals surface area (Å²) in [4.78, 5) is 12.3. The molecule has 0 radical (unpaired) electrons. The second kappa shape index (κ2) is 11.6. The van der Waals surface area contributed by atoms with Crippen molar-refractivity contribution in [3.05, 3.63) is 0 Å². The Labute approximate surface area is 114 Å². The summed E-state index contributed by atoms with van der Waals surface area (Å²) in [7, 11) is 0. The Bertz CT molecular complexity index is 203. The molecule has 0 heterocycles. The third-order valence-corrected chi connectivity index (χ3v) is 3.66. The summed E-state index contributed by atoms with van der Waals surface area (Å²) in [6.45, 7) is 8.73. The minimum Gasteiger partial charge on any atom is -0.353 e. The Morgan fingerprint density at radius 2 is 1.50 bits per heavy atom. The summed E-state index contributed by atoms with van der Waals surface area (Å²) in [5.74, 6) is 0.541. The predicted molar refractivity (Wildman–Crippen MR) is 79.7 cm³/mol. The average molecular weight is 255 g/mol. The second-order valence-corrected chi connectivity index (χ2v) is 5.38. The lowest BCUT2D eigenvalue weighted by atomic mass is 9.95. The first-order valence-corrected chi connectivity index (χ1v) is 7.99. The van der Waals surface area contributed by atoms with Crippen molar-refractivity contribution in [3.63, 3.8) is 0 Å². The molecule has 1 amide bonds. The van der Waals surface area contributed by atoms with Crippen LogP contribution in [0.1, 0.15) is 85.5 Å². The molecule has 0 saturated heterocycles. The van der Waals surface area contributed by atoms with Gasteiger partial charge in [-0.1, -0.05) is 59.8 Å². The van der Waals surface area contributed by atoms with E-state index in [4.69, 9.17) is 0 Å². The maximum absolute atomic E-state index is 12.3. The van der Waals surface area contributed by atoms with Gasteiger partial charge >= 0.3 is 0 Å². The number of carbonyl (C=O) groups excluding carboxylic acids is 1. The first-order valence-electron chi connectivity index (χ1n) is 7.99. The van der Waals surface area contributed by atoms with Gasteiger partial charge in [-0.2, -0.15) is 0 Å². The van der Waals surface area contributed by atoms with E-state index in [2.05, 4.69) is 33.0 Å². The molecule has 0 aliphatic carbocycles. The predicted octanol–water partition coefficient (Wildman–Crippen LogP) is 4.68. The lowest BCUT2D eigenvalue weighted by molar-refractivity contribution is -0.126. The molecule has 0 aliphatic heterocycles. The number of carbonyl (C=O) groups is 1. The molecule has 18 heavy (non-hydrogen) atoms. The number of hydrogen-bond acceptors (Lipinski definition) is 1. The van der Waals surface area contributed by atoms with Crippen LogP contribution in [0, 0.1) is 5.92 Å². The monoisotopic (exact) mass is 255 g/mol. The van der Waals surface area contributed by atoms with Crippen LogP contribution in [-0.2, 0) is 4.79 Å². The van der Waals surface area contributed by atoms with E-state index in [1.807, 2.05) is 0 Å². The number of unbranched alkanes of at least 4 members (excludes halogenated alkanes) is 2. The molecular weight excluding hydrogens is 222 g/mol. The van der Waals surface area contributed by atoms with Gasteiger partial charge in [0, 0.05) is 12.0 Å². The summed E-state index contributed by atoms with van der Waals surface area (Å²) >= 11 is 0. The molecule has 1 N–H and O–H groups in total. The Morgan fingerprint density at radius 3 is 2.00 bits per heavy atom. The molecule has 108 valence electrons. The lowest BCUT2D eigenvalue weighted by Gasteiger charge is -2.21. The Balaban J connectivity index is 4.18. The van der Waals surface area contributed by atoms with Crippen molar-refractivity contribution in [3.8, 4) is 0 Å². The van der Waals surface area contributed by atoms with Crippen molar-refractivity contribution in [2.45, 2.75) is 91.5 Å². The molecule has 2 heteroatoms. The summed E-state index contributed by atoms with van der Waals surface area (Å²) < 4.78 is 0. The molecule has 0 rings (SSSR count). The van der Waals surface area contributed by atoms with Crippen molar-refractivity contribution in [2.75, 3.05) is 0 Å². The zero-order chi connectivity index (χ0) is 13.8. The topological polar surface area (TPSA) is 29.1 Å². The van der Waals surface area contributed by atoms with Crippen LogP contribution in [0.4, 0.5) is 0 Å². The van der Waals surface area contributed by atoms with Crippen LogP contribution < -0.4 is 5.32 Å². The SMILES string of the molecule is CCCCC(CCC)C(=O)N[C@@H](CC)CCCC. The summed E-state index contributed by atoms with van der Waals surface area (Å²) in [6, 6.07) is 0.387.